The van der Waals surface area contributed by atoms with E-state index in [0.29, 0.717) is 6.54 Å². The highest BCUT2D eigenvalue weighted by atomic mass is 16.3. The first-order valence-electron chi connectivity index (χ1n) is 8.47. The summed E-state index contributed by atoms with van der Waals surface area (Å²) in [7, 11) is 0. The van der Waals surface area contributed by atoms with Gasteiger partial charge in [-0.25, -0.2) is 9.67 Å². The topological polar surface area (TPSA) is 63.0 Å². The molecule has 2 N–H and O–H groups in total. The van der Waals surface area contributed by atoms with Gasteiger partial charge in [0.05, 0.1) is 11.8 Å². The van der Waals surface area contributed by atoms with Gasteiger partial charge in [-0.2, -0.15) is 5.10 Å². The second-order valence-corrected chi connectivity index (χ2v) is 6.50. The van der Waals surface area contributed by atoms with Crippen molar-refractivity contribution in [1.29, 1.82) is 0 Å². The van der Waals surface area contributed by atoms with Gasteiger partial charge in [-0.05, 0) is 44.0 Å². The van der Waals surface area contributed by atoms with Crippen LogP contribution in [-0.2, 0) is 0 Å². The van der Waals surface area contributed by atoms with Crippen LogP contribution in [0.1, 0.15) is 41.3 Å². The van der Waals surface area contributed by atoms with Gasteiger partial charge < -0.3 is 10.4 Å². The van der Waals surface area contributed by atoms with Crippen molar-refractivity contribution in [2.75, 3.05) is 6.54 Å². The van der Waals surface area contributed by atoms with Crippen molar-refractivity contribution in [1.82, 2.24) is 20.1 Å². The number of aryl methyl sites for hydroxylation is 2. The summed E-state index contributed by atoms with van der Waals surface area (Å²) >= 11 is 0. The highest BCUT2D eigenvalue weighted by Gasteiger charge is 2.11. The molecule has 5 heteroatoms. The van der Waals surface area contributed by atoms with Crippen LogP contribution in [-0.4, -0.2) is 26.4 Å². The Morgan fingerprint density at radius 3 is 2.32 bits per heavy atom. The van der Waals surface area contributed by atoms with E-state index in [1.54, 1.807) is 11.0 Å². The fraction of sp³-hybridized carbons (Fsp3) is 0.300. The molecular weight excluding hydrogens is 312 g/mol. The van der Waals surface area contributed by atoms with Crippen molar-refractivity contribution in [3.8, 4) is 5.69 Å². The molecule has 130 valence electrons. The maximum Gasteiger partial charge on any atom is 0.138 e. The number of aliphatic hydroxyl groups excluding tert-OH is 1. The van der Waals surface area contributed by atoms with E-state index in [4.69, 9.17) is 0 Å². The molecule has 0 aliphatic rings. The highest BCUT2D eigenvalue weighted by molar-refractivity contribution is 5.34. The Morgan fingerprint density at radius 1 is 1.04 bits per heavy atom. The highest BCUT2D eigenvalue weighted by Crippen LogP contribution is 2.19. The molecule has 2 unspecified atom stereocenters. The molecule has 5 nitrogen and oxygen atoms in total. The van der Waals surface area contributed by atoms with E-state index >= 15 is 0 Å². The van der Waals surface area contributed by atoms with Gasteiger partial charge >= 0.3 is 0 Å². The molecule has 1 heterocycles. The lowest BCUT2D eigenvalue weighted by atomic mass is 10.0. The third-order valence-corrected chi connectivity index (χ3v) is 4.32. The van der Waals surface area contributed by atoms with Gasteiger partial charge in [0.2, 0.25) is 0 Å². The van der Waals surface area contributed by atoms with E-state index < -0.39 is 6.10 Å². The second-order valence-electron chi connectivity index (χ2n) is 6.50. The van der Waals surface area contributed by atoms with Crippen molar-refractivity contribution in [3.05, 3.63) is 77.4 Å². The van der Waals surface area contributed by atoms with Crippen LogP contribution in [0.25, 0.3) is 5.69 Å². The largest absolute Gasteiger partial charge is 0.387 e. The Hall–Kier alpha value is -2.50. The number of nitrogens with one attached hydrogen (secondary N) is 1. The van der Waals surface area contributed by atoms with Crippen LogP contribution in [0.5, 0.6) is 0 Å². The maximum atomic E-state index is 10.5. The van der Waals surface area contributed by atoms with Gasteiger partial charge in [0.25, 0.3) is 0 Å². The lowest BCUT2D eigenvalue weighted by Crippen LogP contribution is -2.24. The number of nitrogens with zero attached hydrogens (tertiary/aromatic N) is 3. The van der Waals surface area contributed by atoms with Crippen LogP contribution in [0.15, 0.2) is 55.1 Å². The second kappa shape index (κ2) is 7.59. The summed E-state index contributed by atoms with van der Waals surface area (Å²) in [6.45, 7) is 6.71. The molecule has 0 radical (unpaired) electrons. The zero-order valence-corrected chi connectivity index (χ0v) is 14.8. The smallest absolute Gasteiger partial charge is 0.138 e. The Kier molecular flexibility index (Phi) is 5.26. The molecule has 25 heavy (non-hydrogen) atoms. The molecule has 0 fully saturated rings. The van der Waals surface area contributed by atoms with Crippen LogP contribution in [0.2, 0.25) is 0 Å². The molecule has 0 bridgehead atoms. The molecule has 0 aliphatic heterocycles. The molecular formula is C20H24N4O. The molecule has 3 aromatic rings. The third-order valence-electron chi connectivity index (χ3n) is 4.32. The fourth-order valence-corrected chi connectivity index (χ4v) is 2.98. The van der Waals surface area contributed by atoms with E-state index in [1.165, 1.54) is 17.5 Å². The minimum atomic E-state index is -0.518. The number of rotatable bonds is 6. The molecule has 0 saturated carbocycles. The summed E-state index contributed by atoms with van der Waals surface area (Å²) < 4.78 is 1.73. The number of aliphatic hydroxyl groups is 1. The van der Waals surface area contributed by atoms with Gasteiger partial charge in [-0.3, -0.25) is 0 Å². The predicted molar refractivity (Wildman–Crippen MR) is 98.7 cm³/mol. The van der Waals surface area contributed by atoms with Crippen LogP contribution >= 0.6 is 0 Å². The van der Waals surface area contributed by atoms with E-state index in [9.17, 15) is 5.11 Å². The number of hydrogen-bond acceptors (Lipinski definition) is 4. The average molecular weight is 336 g/mol. The molecule has 1 aromatic heterocycles. The third kappa shape index (κ3) is 4.32. The number of benzene rings is 2. The van der Waals surface area contributed by atoms with E-state index in [0.717, 1.165) is 16.8 Å². The first-order chi connectivity index (χ1) is 12.0. The maximum absolute atomic E-state index is 10.5. The van der Waals surface area contributed by atoms with Crippen molar-refractivity contribution < 1.29 is 5.11 Å². The van der Waals surface area contributed by atoms with E-state index in [2.05, 4.69) is 54.4 Å². The van der Waals surface area contributed by atoms with Crippen LogP contribution in [0.3, 0.4) is 0 Å². The molecule has 2 atom stereocenters. The molecule has 0 spiro atoms. The van der Waals surface area contributed by atoms with Gasteiger partial charge in [-0.1, -0.05) is 41.5 Å². The molecule has 2 aromatic carbocycles. The van der Waals surface area contributed by atoms with E-state index in [-0.39, 0.29) is 6.04 Å². The van der Waals surface area contributed by atoms with Crippen molar-refractivity contribution in [2.24, 2.45) is 0 Å². The van der Waals surface area contributed by atoms with Crippen molar-refractivity contribution in [2.45, 2.75) is 32.9 Å². The lowest BCUT2D eigenvalue weighted by Gasteiger charge is -2.19. The van der Waals surface area contributed by atoms with E-state index in [1.807, 2.05) is 24.3 Å². The predicted octanol–water partition coefficient (Wildman–Crippen LogP) is 3.27. The van der Waals surface area contributed by atoms with Gasteiger partial charge in [0.1, 0.15) is 12.7 Å². The number of hydrogen-bond donors (Lipinski definition) is 2. The fourth-order valence-electron chi connectivity index (χ4n) is 2.98. The quantitative estimate of drug-likeness (QED) is 0.725. The van der Waals surface area contributed by atoms with Gasteiger partial charge in [0.15, 0.2) is 0 Å². The Morgan fingerprint density at radius 2 is 1.72 bits per heavy atom. The lowest BCUT2D eigenvalue weighted by molar-refractivity contribution is 0.170. The van der Waals surface area contributed by atoms with Crippen LogP contribution in [0, 0.1) is 13.8 Å². The van der Waals surface area contributed by atoms with Crippen molar-refractivity contribution >= 4 is 0 Å². The molecule has 0 saturated heterocycles. The summed E-state index contributed by atoms with van der Waals surface area (Å²) in [6, 6.07) is 14.5. The minimum absolute atomic E-state index is 0.144. The normalized spacial score (nSPS) is 13.6. The summed E-state index contributed by atoms with van der Waals surface area (Å²) in [5.74, 6) is 0. The Labute approximate surface area is 148 Å². The van der Waals surface area contributed by atoms with Crippen LogP contribution in [0.4, 0.5) is 0 Å². The van der Waals surface area contributed by atoms with Gasteiger partial charge in [-0.15, -0.1) is 0 Å². The Balaban J connectivity index is 1.61. The summed E-state index contributed by atoms with van der Waals surface area (Å²) in [4.78, 5) is 3.96. The van der Waals surface area contributed by atoms with Gasteiger partial charge in [0, 0.05) is 12.6 Å². The Bertz CT molecular complexity index is 792. The first-order valence-corrected chi connectivity index (χ1v) is 8.47. The summed E-state index contributed by atoms with van der Waals surface area (Å²) in [5, 5.41) is 18.0. The number of aromatic nitrogens is 3. The zero-order valence-electron chi connectivity index (χ0n) is 14.8. The molecule has 0 aliphatic carbocycles. The standard InChI is InChI=1S/C20H24N4O/c1-14-8-15(2)10-18(9-14)20(25)11-22-16(3)17-4-6-19(7-5-17)24-13-21-12-23-24/h4-10,12-13,16,20,22,25H,11H2,1-3H3. The molecule has 3 rings (SSSR count). The molecule has 0 amide bonds. The van der Waals surface area contributed by atoms with Crippen LogP contribution < -0.4 is 5.32 Å². The monoisotopic (exact) mass is 336 g/mol. The summed E-state index contributed by atoms with van der Waals surface area (Å²) in [5.41, 5.74) is 5.44. The zero-order chi connectivity index (χ0) is 17.8. The minimum Gasteiger partial charge on any atom is -0.387 e. The SMILES string of the molecule is Cc1cc(C)cc(C(O)CNC(C)c2ccc(-n3cncn3)cc2)c1. The first kappa shape index (κ1) is 17.3. The average Bonchev–Trinajstić information content (AvgIpc) is 3.13. The van der Waals surface area contributed by atoms with Crippen molar-refractivity contribution in [3.63, 3.8) is 0 Å². The summed E-state index contributed by atoms with van der Waals surface area (Å²) in [6.07, 6.45) is 2.68.